The van der Waals surface area contributed by atoms with E-state index in [-0.39, 0.29) is 5.91 Å². The number of cyclic esters (lactones) is 1. The van der Waals surface area contributed by atoms with Crippen LogP contribution < -0.4 is 5.32 Å². The Morgan fingerprint density at radius 3 is 2.61 bits per heavy atom. The van der Waals surface area contributed by atoms with Gasteiger partial charge in [-0.3, -0.25) is 4.79 Å². The van der Waals surface area contributed by atoms with Crippen molar-refractivity contribution in [3.8, 4) is 0 Å². The summed E-state index contributed by atoms with van der Waals surface area (Å²) in [6, 6.07) is 17.2. The molecule has 2 aromatic carbocycles. The Morgan fingerprint density at radius 2 is 1.83 bits per heavy atom. The molecule has 3 rings (SSSR count). The minimum absolute atomic E-state index is 0.253. The highest BCUT2D eigenvalue weighted by Crippen LogP contribution is 2.28. The van der Waals surface area contributed by atoms with E-state index >= 15 is 0 Å². The first-order valence-corrected chi connectivity index (χ1v) is 7.72. The second kappa shape index (κ2) is 6.24. The Morgan fingerprint density at radius 1 is 1.13 bits per heavy atom. The van der Waals surface area contributed by atoms with Gasteiger partial charge in [0.2, 0.25) is 0 Å². The van der Waals surface area contributed by atoms with Gasteiger partial charge in [0.1, 0.15) is 0 Å². The lowest BCUT2D eigenvalue weighted by Gasteiger charge is -2.33. The maximum atomic E-state index is 12.5. The molecule has 1 heterocycles. The molecule has 4 nitrogen and oxygen atoms in total. The van der Waals surface area contributed by atoms with Gasteiger partial charge in [0, 0.05) is 13.0 Å². The lowest BCUT2D eigenvalue weighted by Crippen LogP contribution is -2.52. The van der Waals surface area contributed by atoms with Crippen LogP contribution in [0.1, 0.15) is 28.4 Å². The van der Waals surface area contributed by atoms with Crippen LogP contribution in [-0.4, -0.2) is 24.0 Å². The number of benzene rings is 2. The topological polar surface area (TPSA) is 55.4 Å². The molecule has 0 saturated heterocycles. The molecule has 0 bridgehead atoms. The molecular weight excluding hydrogens is 290 g/mol. The number of carbonyl (C=O) groups is 2. The predicted octanol–water partition coefficient (Wildman–Crippen LogP) is 2.52. The molecule has 2 aromatic rings. The van der Waals surface area contributed by atoms with Gasteiger partial charge in [-0.15, -0.1) is 0 Å². The third-order valence-electron chi connectivity index (χ3n) is 4.11. The first-order chi connectivity index (χ1) is 11.1. The molecule has 1 unspecified atom stereocenters. The van der Waals surface area contributed by atoms with Gasteiger partial charge in [-0.1, -0.05) is 48.5 Å². The molecule has 4 heteroatoms. The summed E-state index contributed by atoms with van der Waals surface area (Å²) in [6.07, 6.45) is 1.14. The number of ether oxygens (including phenoxy) is 1. The molecule has 0 spiro atoms. The molecule has 1 aliphatic heterocycles. The van der Waals surface area contributed by atoms with Gasteiger partial charge in [-0.25, -0.2) is 4.79 Å². The van der Waals surface area contributed by atoms with Crippen LogP contribution in [0.2, 0.25) is 0 Å². The highest BCUT2D eigenvalue weighted by molar-refractivity contribution is 5.97. The highest BCUT2D eigenvalue weighted by atomic mass is 16.6. The van der Waals surface area contributed by atoms with Crippen molar-refractivity contribution in [2.24, 2.45) is 0 Å². The van der Waals surface area contributed by atoms with Crippen LogP contribution >= 0.6 is 0 Å². The monoisotopic (exact) mass is 309 g/mol. The van der Waals surface area contributed by atoms with Crippen LogP contribution in [0.3, 0.4) is 0 Å². The molecule has 0 saturated carbocycles. The number of carbonyl (C=O) groups excluding carboxylic acids is 2. The number of nitrogens with one attached hydrogen (secondary N) is 1. The summed E-state index contributed by atoms with van der Waals surface area (Å²) in [7, 11) is 0. The average molecular weight is 309 g/mol. The van der Waals surface area contributed by atoms with E-state index in [2.05, 4.69) is 5.32 Å². The zero-order valence-electron chi connectivity index (χ0n) is 13.0. The van der Waals surface area contributed by atoms with Gasteiger partial charge in [0.15, 0.2) is 5.60 Å². The van der Waals surface area contributed by atoms with Crippen LogP contribution in [0.15, 0.2) is 54.6 Å². The normalized spacial score (nSPS) is 19.6. The smallest absolute Gasteiger partial charge is 0.339 e. The minimum Gasteiger partial charge on any atom is -0.445 e. The largest absolute Gasteiger partial charge is 0.445 e. The second-order valence-corrected chi connectivity index (χ2v) is 5.95. The van der Waals surface area contributed by atoms with Gasteiger partial charge >= 0.3 is 5.97 Å². The maximum Gasteiger partial charge on any atom is 0.339 e. The van der Waals surface area contributed by atoms with Crippen LogP contribution in [0.25, 0.3) is 0 Å². The Kier molecular flexibility index (Phi) is 4.15. The Balaban J connectivity index is 1.64. The Bertz CT molecular complexity index is 726. The van der Waals surface area contributed by atoms with Gasteiger partial charge < -0.3 is 10.1 Å². The quantitative estimate of drug-likeness (QED) is 0.883. The van der Waals surface area contributed by atoms with Crippen molar-refractivity contribution >= 4 is 11.9 Å². The van der Waals surface area contributed by atoms with E-state index in [0.29, 0.717) is 18.5 Å². The standard InChI is InChI=1S/C19H19NO3/c1-19(13-15-9-5-6-10-16(15)17(21)23-19)18(22)20-12-11-14-7-3-2-4-8-14/h2-10H,11-13H2,1H3,(H,20,22). The van der Waals surface area contributed by atoms with Crippen molar-refractivity contribution in [3.63, 3.8) is 0 Å². The van der Waals surface area contributed by atoms with Crippen molar-refractivity contribution in [2.45, 2.75) is 25.4 Å². The third-order valence-corrected chi connectivity index (χ3v) is 4.11. The second-order valence-electron chi connectivity index (χ2n) is 5.95. The zero-order valence-corrected chi connectivity index (χ0v) is 13.0. The van der Waals surface area contributed by atoms with Crippen molar-refractivity contribution in [1.82, 2.24) is 5.32 Å². The van der Waals surface area contributed by atoms with E-state index in [1.807, 2.05) is 42.5 Å². The lowest BCUT2D eigenvalue weighted by atomic mass is 9.89. The maximum absolute atomic E-state index is 12.5. The van der Waals surface area contributed by atoms with Crippen LogP contribution in [0, 0.1) is 0 Å². The van der Waals surface area contributed by atoms with Crippen molar-refractivity contribution in [3.05, 3.63) is 71.3 Å². The van der Waals surface area contributed by atoms with Gasteiger partial charge in [-0.05, 0) is 30.5 Å². The zero-order chi connectivity index (χ0) is 16.3. The third kappa shape index (κ3) is 3.26. The first kappa shape index (κ1) is 15.3. The van der Waals surface area contributed by atoms with Crippen LogP contribution in [0.4, 0.5) is 0 Å². The van der Waals surface area contributed by atoms with E-state index in [9.17, 15) is 9.59 Å². The van der Waals surface area contributed by atoms with Crippen LogP contribution in [-0.2, 0) is 22.4 Å². The molecule has 23 heavy (non-hydrogen) atoms. The molecule has 1 aliphatic rings. The molecule has 0 radical (unpaired) electrons. The van der Waals surface area contributed by atoms with Gasteiger partial charge in [0.05, 0.1) is 5.56 Å². The van der Waals surface area contributed by atoms with Gasteiger partial charge in [-0.2, -0.15) is 0 Å². The number of hydrogen-bond acceptors (Lipinski definition) is 3. The number of hydrogen-bond donors (Lipinski definition) is 1. The SMILES string of the molecule is CC1(C(=O)NCCc2ccccc2)Cc2ccccc2C(=O)O1. The minimum atomic E-state index is -1.15. The summed E-state index contributed by atoms with van der Waals surface area (Å²) < 4.78 is 5.41. The van der Waals surface area contributed by atoms with Crippen molar-refractivity contribution < 1.29 is 14.3 Å². The summed E-state index contributed by atoms with van der Waals surface area (Å²) in [5, 5.41) is 2.88. The Labute approximate surface area is 135 Å². The average Bonchev–Trinajstić information content (AvgIpc) is 2.55. The molecule has 1 atom stereocenters. The highest BCUT2D eigenvalue weighted by Gasteiger charge is 2.42. The van der Waals surface area contributed by atoms with E-state index in [0.717, 1.165) is 17.5 Å². The number of esters is 1. The fraction of sp³-hybridized carbons (Fsp3) is 0.263. The first-order valence-electron chi connectivity index (χ1n) is 7.72. The lowest BCUT2D eigenvalue weighted by molar-refractivity contribution is -0.139. The Hall–Kier alpha value is -2.62. The molecule has 0 aliphatic carbocycles. The molecule has 0 fully saturated rings. The molecule has 1 N–H and O–H groups in total. The molecular formula is C19H19NO3. The number of fused-ring (bicyclic) bond motifs is 1. The van der Waals surface area contributed by atoms with Gasteiger partial charge in [0.25, 0.3) is 5.91 Å². The summed E-state index contributed by atoms with van der Waals surface area (Å²) in [5.41, 5.74) is 1.40. The summed E-state index contributed by atoms with van der Waals surface area (Å²) in [4.78, 5) is 24.6. The fourth-order valence-electron chi connectivity index (χ4n) is 2.81. The predicted molar refractivity (Wildman–Crippen MR) is 87.1 cm³/mol. The fourth-order valence-corrected chi connectivity index (χ4v) is 2.81. The molecule has 118 valence electrons. The van der Waals surface area contributed by atoms with Crippen molar-refractivity contribution in [1.29, 1.82) is 0 Å². The van der Waals surface area contributed by atoms with E-state index in [1.54, 1.807) is 19.1 Å². The van der Waals surface area contributed by atoms with E-state index in [1.165, 1.54) is 0 Å². The van der Waals surface area contributed by atoms with Crippen molar-refractivity contribution in [2.75, 3.05) is 6.54 Å². The number of amides is 1. The summed E-state index contributed by atoms with van der Waals surface area (Å²) in [6.45, 7) is 2.18. The molecule has 0 aromatic heterocycles. The summed E-state index contributed by atoms with van der Waals surface area (Å²) in [5.74, 6) is -0.691. The van der Waals surface area contributed by atoms with E-state index in [4.69, 9.17) is 4.74 Å². The number of rotatable bonds is 4. The molecule has 1 amide bonds. The summed E-state index contributed by atoms with van der Waals surface area (Å²) >= 11 is 0. The van der Waals surface area contributed by atoms with E-state index < -0.39 is 11.6 Å². The van der Waals surface area contributed by atoms with Crippen LogP contribution in [0.5, 0.6) is 0 Å².